The van der Waals surface area contributed by atoms with Gasteiger partial charge in [-0.05, 0) is 92.0 Å². The highest BCUT2D eigenvalue weighted by Crippen LogP contribution is 2.42. The number of aliphatic hydroxyl groups excluding tert-OH is 1. The molecule has 73 heavy (non-hydrogen) atoms. The average Bonchev–Trinajstić information content (AvgIpc) is 3.90. The van der Waals surface area contributed by atoms with E-state index in [-0.39, 0.29) is 59.5 Å². The number of pyridine rings is 3. The van der Waals surface area contributed by atoms with Crippen LogP contribution in [0.4, 0.5) is 23.0 Å². The summed E-state index contributed by atoms with van der Waals surface area (Å²) in [7, 11) is 1.68. The average molecular weight is 990 g/mol. The third-order valence-electron chi connectivity index (χ3n) is 16.3. The van der Waals surface area contributed by atoms with Crippen LogP contribution >= 0.6 is 0 Å². The van der Waals surface area contributed by atoms with Gasteiger partial charge in [-0.1, -0.05) is 19.9 Å². The van der Waals surface area contributed by atoms with E-state index in [0.29, 0.717) is 77.7 Å². The number of aryl methyl sites for hydroxylation is 1. The Morgan fingerprint density at radius 2 is 1.71 bits per heavy atom. The molecule has 4 atom stereocenters. The number of ether oxygens (including phenoxy) is 1. The van der Waals surface area contributed by atoms with E-state index >= 15 is 0 Å². The van der Waals surface area contributed by atoms with Crippen molar-refractivity contribution in [3.8, 4) is 16.9 Å². The van der Waals surface area contributed by atoms with Crippen molar-refractivity contribution >= 4 is 52.5 Å². The summed E-state index contributed by atoms with van der Waals surface area (Å²) < 4.78 is 10.1. The zero-order valence-corrected chi connectivity index (χ0v) is 41.5. The number of piperazine rings is 1. The van der Waals surface area contributed by atoms with Crippen LogP contribution in [-0.4, -0.2) is 132 Å². The molecule has 7 aliphatic rings. The number of hydrogen-bond acceptors (Lipinski definition) is 14. The number of hydrogen-bond donors (Lipinski definition) is 3. The molecule has 5 aromatic rings. The number of fused-ring (bicyclic) bond motifs is 7. The van der Waals surface area contributed by atoms with Gasteiger partial charge in [-0.15, -0.1) is 0 Å². The van der Waals surface area contributed by atoms with Crippen LogP contribution < -0.4 is 30.7 Å². The molecule has 3 N–H and O–H groups in total. The summed E-state index contributed by atoms with van der Waals surface area (Å²) >= 11 is 0. The maximum atomic E-state index is 14.0. The second kappa shape index (κ2) is 17.8. The fourth-order valence-corrected chi connectivity index (χ4v) is 12.7. The summed E-state index contributed by atoms with van der Waals surface area (Å²) in [6.45, 7) is 11.8. The standard InChI is InChI=1S/C54H59N11O8/c1-30-25-61(34-12-14-60-27-31-5-7-38-46(47(31)73-29-36(60)21-34)53(72)65(50(38)69)41-8-10-45(67)58-49(41)68)15-16-62(30)35-6-9-44(56-24-35)57-40-19-33(26-59(4)51(40)70)37-11-13-55-48(39(37)28-66)64-18-17-63-42(52(64)71)20-32-22-54(2,3)23-43(32)63/h5-7,9,11,13,19-20,24,26,30,34,36,41,66H,8,10,12,14-18,21-23,25,27-29H2,1-4H3,(H,56,57)(H,58,67,68)/t30-,34-,36-,41?/m0/s1. The Kier molecular flexibility index (Phi) is 11.4. The first kappa shape index (κ1) is 46.8. The number of imide groups is 2. The topological polar surface area (TPSA) is 208 Å². The molecule has 0 radical (unpaired) electrons. The Balaban J connectivity index is 0.690. The number of aliphatic hydroxyl groups is 1. The minimum absolute atomic E-state index is 0.0565. The van der Waals surface area contributed by atoms with Crippen molar-refractivity contribution < 1.29 is 33.8 Å². The molecule has 19 heteroatoms. The molecule has 5 amide bonds. The predicted octanol–water partition coefficient (Wildman–Crippen LogP) is 4.00. The summed E-state index contributed by atoms with van der Waals surface area (Å²) in [4.78, 5) is 98.9. The zero-order valence-electron chi connectivity index (χ0n) is 41.5. The van der Waals surface area contributed by atoms with E-state index in [1.807, 2.05) is 30.5 Å². The lowest BCUT2D eigenvalue weighted by atomic mass is 9.90. The maximum Gasteiger partial charge on any atom is 0.276 e. The van der Waals surface area contributed by atoms with Crippen LogP contribution in [0.5, 0.6) is 5.75 Å². The number of carbonyl (C=O) groups excluding carboxylic acids is 5. The van der Waals surface area contributed by atoms with E-state index in [9.17, 15) is 33.9 Å². The second-order valence-corrected chi connectivity index (χ2v) is 21.6. The van der Waals surface area contributed by atoms with Crippen LogP contribution in [0.3, 0.4) is 0 Å². The number of nitrogens with zero attached hydrogens (tertiary/aromatic N) is 9. The van der Waals surface area contributed by atoms with Gasteiger partial charge in [0.1, 0.15) is 41.4 Å². The van der Waals surface area contributed by atoms with Crippen molar-refractivity contribution in [2.24, 2.45) is 12.5 Å². The first-order valence-electron chi connectivity index (χ1n) is 25.5. The molecule has 3 fully saturated rings. The van der Waals surface area contributed by atoms with Crippen molar-refractivity contribution in [3.63, 3.8) is 0 Å². The summed E-state index contributed by atoms with van der Waals surface area (Å²) in [6, 6.07) is 12.6. The van der Waals surface area contributed by atoms with E-state index in [1.165, 1.54) is 15.8 Å². The largest absolute Gasteiger partial charge is 0.491 e. The molecule has 3 saturated heterocycles. The Morgan fingerprint density at radius 3 is 2.49 bits per heavy atom. The molecule has 0 spiro atoms. The molecule has 6 aliphatic heterocycles. The summed E-state index contributed by atoms with van der Waals surface area (Å²) in [5, 5.41) is 16.3. The third-order valence-corrected chi connectivity index (χ3v) is 16.3. The van der Waals surface area contributed by atoms with Gasteiger partial charge in [-0.2, -0.15) is 0 Å². The van der Waals surface area contributed by atoms with E-state index < -0.39 is 29.7 Å². The Hall–Kier alpha value is -7.22. The van der Waals surface area contributed by atoms with Gasteiger partial charge in [-0.3, -0.25) is 53.7 Å². The first-order valence-corrected chi connectivity index (χ1v) is 25.5. The lowest BCUT2D eigenvalue weighted by molar-refractivity contribution is -0.136. The number of carbonyl (C=O) groups is 5. The summed E-state index contributed by atoms with van der Waals surface area (Å²) in [5.74, 6) is -0.962. The van der Waals surface area contributed by atoms with Crippen molar-refractivity contribution in [1.29, 1.82) is 0 Å². The minimum Gasteiger partial charge on any atom is -0.491 e. The minimum atomic E-state index is -1.04. The third kappa shape index (κ3) is 7.99. The SMILES string of the molecule is C[C@H]1CN([C@H]2CCN3Cc4ccc5c(c4OC[C@@H]3C2)C(=O)N(C2CCC(=O)NC2=O)C5=O)CCN1c1ccc(Nc2cc(-c3ccnc(N4CCn5c(cc6c5CC(C)(C)C6)C4=O)c3CO)cn(C)c2=O)nc1. The lowest BCUT2D eigenvalue weighted by Gasteiger charge is -2.48. The van der Waals surface area contributed by atoms with Gasteiger partial charge in [0.15, 0.2) is 0 Å². The molecule has 378 valence electrons. The number of nitrogens with one attached hydrogen (secondary N) is 2. The number of benzene rings is 1. The molecule has 1 aliphatic carbocycles. The number of piperidine rings is 2. The number of aromatic nitrogens is 4. The molecular weight excluding hydrogens is 931 g/mol. The molecule has 12 rings (SSSR count). The van der Waals surface area contributed by atoms with Gasteiger partial charge in [0.25, 0.3) is 23.3 Å². The fraction of sp³-hybridized carbons (Fsp3) is 0.444. The van der Waals surface area contributed by atoms with E-state index in [4.69, 9.17) is 9.72 Å². The molecule has 1 aromatic carbocycles. The summed E-state index contributed by atoms with van der Waals surface area (Å²) in [6.07, 6.45) is 9.09. The highest BCUT2D eigenvalue weighted by Gasteiger charge is 2.48. The predicted molar refractivity (Wildman–Crippen MR) is 270 cm³/mol. The Morgan fingerprint density at radius 1 is 0.863 bits per heavy atom. The quantitative estimate of drug-likeness (QED) is 0.188. The van der Waals surface area contributed by atoms with Crippen molar-refractivity contribution in [2.75, 3.05) is 54.4 Å². The van der Waals surface area contributed by atoms with Crippen molar-refractivity contribution in [2.45, 2.75) is 103 Å². The Bertz CT molecular complexity index is 3220. The molecule has 0 bridgehead atoms. The van der Waals surface area contributed by atoms with Crippen molar-refractivity contribution in [3.05, 3.63) is 111 Å². The normalized spacial score (nSPS) is 23.8. The monoisotopic (exact) mass is 989 g/mol. The first-order chi connectivity index (χ1) is 35.1. The molecule has 4 aromatic heterocycles. The van der Waals surface area contributed by atoms with E-state index in [0.717, 1.165) is 68.0 Å². The maximum absolute atomic E-state index is 14.0. The molecule has 1 unspecified atom stereocenters. The van der Waals surface area contributed by atoms with E-state index in [2.05, 4.69) is 55.7 Å². The lowest BCUT2D eigenvalue weighted by Crippen LogP contribution is -2.58. The highest BCUT2D eigenvalue weighted by atomic mass is 16.5. The van der Waals surface area contributed by atoms with Crippen LogP contribution in [-0.2, 0) is 49.2 Å². The van der Waals surface area contributed by atoms with Crippen LogP contribution in [0.1, 0.15) is 100 Å². The van der Waals surface area contributed by atoms with Crippen LogP contribution in [0, 0.1) is 5.41 Å². The number of anilines is 4. The number of rotatable bonds is 8. The molecule has 10 heterocycles. The zero-order chi connectivity index (χ0) is 50.6. The van der Waals surface area contributed by atoms with Crippen LogP contribution in [0.2, 0.25) is 0 Å². The summed E-state index contributed by atoms with van der Waals surface area (Å²) in [5.41, 5.74) is 7.45. The molecule has 19 nitrogen and oxygen atoms in total. The van der Waals surface area contributed by atoms with Crippen molar-refractivity contribution in [1.82, 2.24) is 39.1 Å². The van der Waals surface area contributed by atoms with Gasteiger partial charge in [0.2, 0.25) is 11.8 Å². The van der Waals surface area contributed by atoms with Gasteiger partial charge in [0.05, 0.1) is 29.6 Å². The van der Waals surface area contributed by atoms with E-state index in [1.54, 1.807) is 42.5 Å². The van der Waals surface area contributed by atoms with Crippen LogP contribution in [0.15, 0.2) is 65.8 Å². The Labute approximate surface area is 421 Å². The fourth-order valence-electron chi connectivity index (χ4n) is 12.7. The number of amides is 5. The van der Waals surface area contributed by atoms with Gasteiger partial charge in [0, 0.05) is 112 Å². The smallest absolute Gasteiger partial charge is 0.276 e. The van der Waals surface area contributed by atoms with Gasteiger partial charge >= 0.3 is 0 Å². The van der Waals surface area contributed by atoms with Gasteiger partial charge < -0.3 is 29.2 Å². The van der Waals surface area contributed by atoms with Crippen LogP contribution in [0.25, 0.3) is 11.1 Å². The highest BCUT2D eigenvalue weighted by molar-refractivity contribution is 6.24. The molecular formula is C54H59N11O8. The second-order valence-electron chi connectivity index (χ2n) is 21.6. The van der Waals surface area contributed by atoms with Gasteiger partial charge in [-0.25, -0.2) is 9.97 Å². The molecule has 0 saturated carbocycles.